The molecule has 1 amide bonds. The minimum absolute atomic E-state index is 0.00303. The molecule has 0 atom stereocenters. The Balaban J connectivity index is 2.07. The topological polar surface area (TPSA) is 46.3 Å². The van der Waals surface area contributed by atoms with Crippen LogP contribution in [0.2, 0.25) is 0 Å². The summed E-state index contributed by atoms with van der Waals surface area (Å²) in [4.78, 5) is 13.4. The van der Waals surface area contributed by atoms with Crippen LogP contribution in [0, 0.1) is 11.7 Å². The molecule has 0 aliphatic heterocycles. The molecule has 0 spiro atoms. The zero-order valence-electron chi connectivity index (χ0n) is 9.19. The number of rotatable bonds is 2. The molecule has 2 rings (SSSR count). The Morgan fingerprint density at radius 1 is 1.50 bits per heavy atom. The van der Waals surface area contributed by atoms with E-state index in [1.54, 1.807) is 19.2 Å². The molecule has 1 aliphatic carbocycles. The average molecular weight is 222 g/mol. The van der Waals surface area contributed by atoms with Crippen molar-refractivity contribution in [3.63, 3.8) is 0 Å². The number of halogens is 1. The fourth-order valence-corrected chi connectivity index (χ4v) is 1.95. The summed E-state index contributed by atoms with van der Waals surface area (Å²) in [6.45, 7) is 0. The number of benzene rings is 1. The predicted octanol–water partition coefficient (Wildman–Crippen LogP) is 1.53. The number of carbonyl (C=O) groups is 1. The van der Waals surface area contributed by atoms with Crippen LogP contribution in [0.15, 0.2) is 24.3 Å². The highest BCUT2D eigenvalue weighted by molar-refractivity contribution is 5.95. The Morgan fingerprint density at radius 3 is 2.75 bits per heavy atom. The van der Waals surface area contributed by atoms with E-state index in [1.807, 2.05) is 0 Å². The molecule has 1 aromatic carbocycles. The fourth-order valence-electron chi connectivity index (χ4n) is 1.95. The maximum Gasteiger partial charge on any atom is 0.229 e. The van der Waals surface area contributed by atoms with Crippen molar-refractivity contribution < 1.29 is 9.18 Å². The summed E-state index contributed by atoms with van der Waals surface area (Å²) in [6, 6.07) is 6.19. The van der Waals surface area contributed by atoms with Gasteiger partial charge in [0.1, 0.15) is 5.82 Å². The molecule has 0 unspecified atom stereocenters. The predicted molar refractivity (Wildman–Crippen MR) is 60.5 cm³/mol. The monoisotopic (exact) mass is 222 g/mol. The van der Waals surface area contributed by atoms with Gasteiger partial charge in [0.2, 0.25) is 5.91 Å². The van der Waals surface area contributed by atoms with E-state index in [-0.39, 0.29) is 23.7 Å². The number of carbonyl (C=O) groups excluding carboxylic acids is 1. The van der Waals surface area contributed by atoms with E-state index in [9.17, 15) is 9.18 Å². The van der Waals surface area contributed by atoms with Gasteiger partial charge >= 0.3 is 0 Å². The van der Waals surface area contributed by atoms with Crippen molar-refractivity contribution in [1.82, 2.24) is 0 Å². The van der Waals surface area contributed by atoms with Crippen LogP contribution in [0.4, 0.5) is 10.1 Å². The van der Waals surface area contributed by atoms with E-state index in [0.29, 0.717) is 5.69 Å². The molecule has 1 aliphatic rings. The molecule has 1 fully saturated rings. The maximum absolute atomic E-state index is 13.0. The van der Waals surface area contributed by atoms with Crippen LogP contribution in [0.5, 0.6) is 0 Å². The summed E-state index contributed by atoms with van der Waals surface area (Å²) >= 11 is 0. The molecule has 86 valence electrons. The summed E-state index contributed by atoms with van der Waals surface area (Å²) in [6.07, 6.45) is 1.47. The third-order valence-electron chi connectivity index (χ3n) is 3.05. The third-order valence-corrected chi connectivity index (χ3v) is 3.05. The molecule has 3 nitrogen and oxygen atoms in total. The molecule has 4 heteroatoms. The standard InChI is InChI=1S/C12H15FN2O/c1-15(11-4-2-3-9(13)7-11)12(16)8-5-10(14)6-8/h2-4,7-8,10H,5-6,14H2,1H3. The van der Waals surface area contributed by atoms with Gasteiger partial charge in [-0.15, -0.1) is 0 Å². The number of anilines is 1. The molecular formula is C12H15FN2O. The largest absolute Gasteiger partial charge is 0.328 e. The quantitative estimate of drug-likeness (QED) is 0.824. The molecule has 2 N–H and O–H groups in total. The molecule has 0 aromatic heterocycles. The molecular weight excluding hydrogens is 207 g/mol. The molecule has 0 saturated heterocycles. The first kappa shape index (κ1) is 11.1. The van der Waals surface area contributed by atoms with Gasteiger partial charge in [-0.25, -0.2) is 4.39 Å². The van der Waals surface area contributed by atoms with Crippen LogP contribution in [0.3, 0.4) is 0 Å². The summed E-state index contributed by atoms with van der Waals surface area (Å²) in [7, 11) is 1.67. The van der Waals surface area contributed by atoms with Crippen LogP contribution in [0.25, 0.3) is 0 Å². The van der Waals surface area contributed by atoms with Gasteiger partial charge in [-0.3, -0.25) is 4.79 Å². The highest BCUT2D eigenvalue weighted by Crippen LogP contribution is 2.29. The Hall–Kier alpha value is -1.42. The molecule has 0 radical (unpaired) electrons. The summed E-state index contributed by atoms with van der Waals surface area (Å²) in [5, 5.41) is 0. The van der Waals surface area contributed by atoms with Crippen molar-refractivity contribution >= 4 is 11.6 Å². The first-order chi connectivity index (χ1) is 7.58. The minimum Gasteiger partial charge on any atom is -0.328 e. The van der Waals surface area contributed by atoms with Crippen LogP contribution in [-0.2, 0) is 4.79 Å². The smallest absolute Gasteiger partial charge is 0.229 e. The van der Waals surface area contributed by atoms with Gasteiger partial charge in [0, 0.05) is 24.7 Å². The lowest BCUT2D eigenvalue weighted by Gasteiger charge is -2.34. The molecule has 1 aromatic rings. The number of nitrogens with zero attached hydrogens (tertiary/aromatic N) is 1. The second-order valence-electron chi connectivity index (χ2n) is 4.31. The second-order valence-corrected chi connectivity index (χ2v) is 4.31. The number of nitrogens with two attached hydrogens (primary N) is 1. The van der Waals surface area contributed by atoms with Crippen molar-refractivity contribution in [2.75, 3.05) is 11.9 Å². The lowest BCUT2D eigenvalue weighted by atomic mass is 9.80. The number of hydrogen-bond donors (Lipinski definition) is 1. The Morgan fingerprint density at radius 2 is 2.19 bits per heavy atom. The third kappa shape index (κ3) is 2.07. The van der Waals surface area contributed by atoms with Gasteiger partial charge < -0.3 is 10.6 Å². The zero-order valence-corrected chi connectivity index (χ0v) is 9.19. The van der Waals surface area contributed by atoms with Crippen molar-refractivity contribution in [3.8, 4) is 0 Å². The maximum atomic E-state index is 13.0. The Labute approximate surface area is 94.0 Å². The molecule has 0 heterocycles. The number of amides is 1. The van der Waals surface area contributed by atoms with E-state index in [2.05, 4.69) is 0 Å². The van der Waals surface area contributed by atoms with E-state index in [4.69, 9.17) is 5.73 Å². The normalized spacial score (nSPS) is 23.7. The average Bonchev–Trinajstić information content (AvgIpc) is 2.23. The van der Waals surface area contributed by atoms with E-state index >= 15 is 0 Å². The molecule has 0 bridgehead atoms. The SMILES string of the molecule is CN(C(=O)C1CC(N)C1)c1cccc(F)c1. The summed E-state index contributed by atoms with van der Waals surface area (Å²) in [5.41, 5.74) is 6.23. The van der Waals surface area contributed by atoms with Gasteiger partial charge in [-0.05, 0) is 31.0 Å². The lowest BCUT2D eigenvalue weighted by molar-refractivity contribution is -0.124. The highest BCUT2D eigenvalue weighted by atomic mass is 19.1. The first-order valence-corrected chi connectivity index (χ1v) is 5.36. The van der Waals surface area contributed by atoms with Crippen molar-refractivity contribution in [2.24, 2.45) is 11.7 Å². The molecule has 16 heavy (non-hydrogen) atoms. The van der Waals surface area contributed by atoms with Gasteiger partial charge in [-0.1, -0.05) is 6.07 Å². The highest BCUT2D eigenvalue weighted by Gasteiger charge is 2.34. The Bertz CT molecular complexity index is 402. The lowest BCUT2D eigenvalue weighted by Crippen LogP contribution is -2.45. The van der Waals surface area contributed by atoms with Gasteiger partial charge in [0.15, 0.2) is 0 Å². The van der Waals surface area contributed by atoms with Crippen LogP contribution >= 0.6 is 0 Å². The van der Waals surface area contributed by atoms with E-state index in [0.717, 1.165) is 12.8 Å². The van der Waals surface area contributed by atoms with Crippen molar-refractivity contribution in [3.05, 3.63) is 30.1 Å². The summed E-state index contributed by atoms with van der Waals surface area (Å²) in [5.74, 6) is -0.307. The second kappa shape index (κ2) is 4.22. The zero-order chi connectivity index (χ0) is 11.7. The van der Waals surface area contributed by atoms with Crippen LogP contribution < -0.4 is 10.6 Å². The molecule has 1 saturated carbocycles. The summed E-state index contributed by atoms with van der Waals surface area (Å²) < 4.78 is 13.0. The van der Waals surface area contributed by atoms with Crippen molar-refractivity contribution in [2.45, 2.75) is 18.9 Å². The number of hydrogen-bond acceptors (Lipinski definition) is 2. The van der Waals surface area contributed by atoms with Gasteiger partial charge in [-0.2, -0.15) is 0 Å². The van der Waals surface area contributed by atoms with Crippen LogP contribution in [0.1, 0.15) is 12.8 Å². The first-order valence-electron chi connectivity index (χ1n) is 5.36. The van der Waals surface area contributed by atoms with E-state index < -0.39 is 0 Å². The van der Waals surface area contributed by atoms with Gasteiger partial charge in [0.25, 0.3) is 0 Å². The van der Waals surface area contributed by atoms with E-state index in [1.165, 1.54) is 17.0 Å². The van der Waals surface area contributed by atoms with Crippen molar-refractivity contribution in [1.29, 1.82) is 0 Å². The van der Waals surface area contributed by atoms with Gasteiger partial charge in [0.05, 0.1) is 0 Å². The Kier molecular flexibility index (Phi) is 2.92. The fraction of sp³-hybridized carbons (Fsp3) is 0.417. The van der Waals surface area contributed by atoms with Crippen LogP contribution in [-0.4, -0.2) is 19.0 Å². The minimum atomic E-state index is -0.331.